The molecule has 0 saturated heterocycles. The van der Waals surface area contributed by atoms with Crippen LogP contribution < -0.4 is 0 Å². The third-order valence-electron chi connectivity index (χ3n) is 4.77. The molecule has 0 bridgehead atoms. The SMILES string of the molecule is C=C/C=C(\C=C)C1(c2ccccc2)CC(C)CC(C)(C)C1. The van der Waals surface area contributed by atoms with Crippen molar-refractivity contribution in [3.63, 3.8) is 0 Å². The van der Waals surface area contributed by atoms with E-state index in [1.807, 2.05) is 12.2 Å². The Morgan fingerprint density at radius 1 is 1.14 bits per heavy atom. The van der Waals surface area contributed by atoms with Gasteiger partial charge in [-0.25, -0.2) is 0 Å². The molecule has 2 unspecified atom stereocenters. The lowest BCUT2D eigenvalue weighted by Crippen LogP contribution is -2.41. The van der Waals surface area contributed by atoms with Crippen LogP contribution >= 0.6 is 0 Å². The third-order valence-corrected chi connectivity index (χ3v) is 4.77. The quantitative estimate of drug-likeness (QED) is 0.587. The van der Waals surface area contributed by atoms with Crippen molar-refractivity contribution in [2.24, 2.45) is 11.3 Å². The van der Waals surface area contributed by atoms with Gasteiger partial charge < -0.3 is 0 Å². The Bertz CT molecular complexity index is 532. The van der Waals surface area contributed by atoms with Crippen molar-refractivity contribution in [1.29, 1.82) is 0 Å². The molecule has 1 aliphatic rings. The van der Waals surface area contributed by atoms with Gasteiger partial charge in [0.05, 0.1) is 0 Å². The van der Waals surface area contributed by atoms with Gasteiger partial charge in [0, 0.05) is 5.41 Å². The molecule has 2 atom stereocenters. The Morgan fingerprint density at radius 3 is 2.33 bits per heavy atom. The molecule has 0 heteroatoms. The number of benzene rings is 1. The zero-order valence-corrected chi connectivity index (χ0v) is 13.7. The molecule has 1 saturated carbocycles. The topological polar surface area (TPSA) is 0 Å². The highest BCUT2D eigenvalue weighted by Crippen LogP contribution is 2.53. The molecule has 0 nitrogen and oxygen atoms in total. The molecule has 1 aromatic rings. The van der Waals surface area contributed by atoms with Crippen LogP contribution in [0.5, 0.6) is 0 Å². The van der Waals surface area contributed by atoms with Crippen LogP contribution in [0.1, 0.15) is 45.6 Å². The van der Waals surface area contributed by atoms with Crippen molar-refractivity contribution in [2.45, 2.75) is 45.4 Å². The largest absolute Gasteiger partial charge is 0.0991 e. The van der Waals surface area contributed by atoms with E-state index in [0.29, 0.717) is 11.3 Å². The molecule has 0 N–H and O–H groups in total. The highest BCUT2D eigenvalue weighted by molar-refractivity contribution is 5.44. The first-order valence-corrected chi connectivity index (χ1v) is 7.95. The summed E-state index contributed by atoms with van der Waals surface area (Å²) in [5.41, 5.74) is 3.13. The standard InChI is InChI=1S/C21H28/c1-6-11-18(7-2)21(19-12-9-8-10-13-19)15-17(3)14-20(4,5)16-21/h6-13,17H,1-2,14-16H2,3-5H3/b18-11+. The van der Waals surface area contributed by atoms with Gasteiger partial charge in [0.2, 0.25) is 0 Å². The van der Waals surface area contributed by atoms with Crippen molar-refractivity contribution < 1.29 is 0 Å². The van der Waals surface area contributed by atoms with Crippen LogP contribution in [0.3, 0.4) is 0 Å². The molecule has 112 valence electrons. The summed E-state index contributed by atoms with van der Waals surface area (Å²) in [4.78, 5) is 0. The fourth-order valence-corrected chi connectivity index (χ4v) is 4.49. The molecule has 1 aromatic carbocycles. The van der Waals surface area contributed by atoms with Crippen LogP contribution in [0.4, 0.5) is 0 Å². The van der Waals surface area contributed by atoms with Gasteiger partial charge in [-0.05, 0) is 41.7 Å². The van der Waals surface area contributed by atoms with Gasteiger partial charge in [-0.3, -0.25) is 0 Å². The fourth-order valence-electron chi connectivity index (χ4n) is 4.49. The van der Waals surface area contributed by atoms with E-state index in [4.69, 9.17) is 0 Å². The minimum Gasteiger partial charge on any atom is -0.0991 e. The number of rotatable bonds is 4. The lowest BCUT2D eigenvalue weighted by molar-refractivity contribution is 0.126. The van der Waals surface area contributed by atoms with Crippen molar-refractivity contribution in [3.8, 4) is 0 Å². The van der Waals surface area contributed by atoms with E-state index in [1.165, 1.54) is 30.4 Å². The second-order valence-corrected chi connectivity index (χ2v) is 7.36. The van der Waals surface area contributed by atoms with Crippen molar-refractivity contribution >= 4 is 0 Å². The van der Waals surface area contributed by atoms with E-state index in [0.717, 1.165) is 0 Å². The van der Waals surface area contributed by atoms with E-state index in [-0.39, 0.29) is 5.41 Å². The molecule has 21 heavy (non-hydrogen) atoms. The summed E-state index contributed by atoms with van der Waals surface area (Å²) in [6, 6.07) is 10.9. The molecule has 1 aliphatic carbocycles. The minimum absolute atomic E-state index is 0.0678. The van der Waals surface area contributed by atoms with E-state index in [2.05, 4.69) is 70.3 Å². The van der Waals surface area contributed by atoms with E-state index >= 15 is 0 Å². The van der Waals surface area contributed by atoms with E-state index in [9.17, 15) is 0 Å². The molecule has 0 aromatic heterocycles. The van der Waals surface area contributed by atoms with E-state index < -0.39 is 0 Å². The lowest BCUT2D eigenvalue weighted by atomic mass is 9.55. The zero-order valence-electron chi connectivity index (χ0n) is 13.7. The van der Waals surface area contributed by atoms with Crippen LogP contribution in [0.15, 0.2) is 67.3 Å². The van der Waals surface area contributed by atoms with Crippen molar-refractivity contribution in [1.82, 2.24) is 0 Å². The Morgan fingerprint density at radius 2 is 1.81 bits per heavy atom. The first-order chi connectivity index (χ1) is 9.93. The average Bonchev–Trinajstić information content (AvgIpc) is 2.43. The highest BCUT2D eigenvalue weighted by atomic mass is 14.5. The summed E-state index contributed by atoms with van der Waals surface area (Å²) < 4.78 is 0. The summed E-state index contributed by atoms with van der Waals surface area (Å²) in [5.74, 6) is 0.710. The lowest BCUT2D eigenvalue weighted by Gasteiger charge is -2.49. The molecular weight excluding hydrogens is 252 g/mol. The molecule has 1 fully saturated rings. The van der Waals surface area contributed by atoms with Gasteiger partial charge in [0.1, 0.15) is 0 Å². The first-order valence-electron chi connectivity index (χ1n) is 7.95. The summed E-state index contributed by atoms with van der Waals surface area (Å²) in [6.45, 7) is 15.2. The number of hydrogen-bond donors (Lipinski definition) is 0. The Kier molecular flexibility index (Phi) is 4.56. The molecule has 0 radical (unpaired) electrons. The molecule has 2 rings (SSSR count). The molecule has 0 aliphatic heterocycles. The monoisotopic (exact) mass is 280 g/mol. The zero-order chi connectivity index (χ0) is 15.5. The molecule has 0 amide bonds. The summed E-state index contributed by atoms with van der Waals surface area (Å²) in [7, 11) is 0. The van der Waals surface area contributed by atoms with Crippen LogP contribution in [-0.2, 0) is 5.41 Å². The van der Waals surface area contributed by atoms with Crippen LogP contribution in [0.2, 0.25) is 0 Å². The van der Waals surface area contributed by atoms with Crippen molar-refractivity contribution in [2.75, 3.05) is 0 Å². The second kappa shape index (κ2) is 6.05. The smallest absolute Gasteiger partial charge is 0.0210 e. The number of allylic oxidation sites excluding steroid dienone is 4. The maximum Gasteiger partial charge on any atom is 0.0210 e. The molecule has 0 spiro atoms. The van der Waals surface area contributed by atoms with Gasteiger partial charge in [0.15, 0.2) is 0 Å². The Balaban J connectivity index is 2.62. The molecular formula is C21H28. The van der Waals surface area contributed by atoms with Crippen LogP contribution in [0.25, 0.3) is 0 Å². The summed E-state index contributed by atoms with van der Waals surface area (Å²) in [6.07, 6.45) is 9.72. The summed E-state index contributed by atoms with van der Waals surface area (Å²) >= 11 is 0. The average molecular weight is 280 g/mol. The predicted molar refractivity (Wildman–Crippen MR) is 93.4 cm³/mol. The van der Waals surface area contributed by atoms with Gasteiger partial charge in [0.25, 0.3) is 0 Å². The fraction of sp³-hybridized carbons (Fsp3) is 0.429. The van der Waals surface area contributed by atoms with Crippen molar-refractivity contribution in [3.05, 3.63) is 72.9 Å². The van der Waals surface area contributed by atoms with Crippen LogP contribution in [0, 0.1) is 11.3 Å². The van der Waals surface area contributed by atoms with E-state index in [1.54, 1.807) is 0 Å². The second-order valence-electron chi connectivity index (χ2n) is 7.36. The maximum atomic E-state index is 4.08. The first kappa shape index (κ1) is 15.8. The minimum atomic E-state index is 0.0678. The Hall–Kier alpha value is -1.56. The normalized spacial score (nSPS) is 28.9. The van der Waals surface area contributed by atoms with Gasteiger partial charge >= 0.3 is 0 Å². The number of hydrogen-bond acceptors (Lipinski definition) is 0. The summed E-state index contributed by atoms with van der Waals surface area (Å²) in [5, 5.41) is 0. The third kappa shape index (κ3) is 3.20. The van der Waals surface area contributed by atoms with Gasteiger partial charge in [-0.1, -0.05) is 82.5 Å². The van der Waals surface area contributed by atoms with Gasteiger partial charge in [-0.2, -0.15) is 0 Å². The molecule has 0 heterocycles. The maximum absolute atomic E-state index is 4.08. The van der Waals surface area contributed by atoms with Crippen LogP contribution in [-0.4, -0.2) is 0 Å². The predicted octanol–water partition coefficient (Wildman–Crippen LogP) is 6.07. The Labute approximate surface area is 130 Å². The van der Waals surface area contributed by atoms with Gasteiger partial charge in [-0.15, -0.1) is 0 Å². The highest BCUT2D eigenvalue weighted by Gasteiger charge is 2.45.